The monoisotopic (exact) mass is 295 g/mol. The first-order valence-corrected chi connectivity index (χ1v) is 8.65. The number of carbonyl (C=O) groups excluding carboxylic acids is 1. The Hall–Kier alpha value is -1.20. The summed E-state index contributed by atoms with van der Waals surface area (Å²) in [6, 6.07) is 9.11. The number of nitrogens with zero attached hydrogens (tertiary/aromatic N) is 1. The molecule has 1 saturated heterocycles. The molecule has 1 unspecified atom stereocenters. The van der Waals surface area contributed by atoms with E-state index in [1.54, 1.807) is 0 Å². The topological polar surface area (TPSA) is 54.5 Å². The van der Waals surface area contributed by atoms with Crippen molar-refractivity contribution >= 4 is 15.8 Å². The van der Waals surface area contributed by atoms with Gasteiger partial charge in [-0.25, -0.2) is 8.42 Å². The number of ketones is 1. The van der Waals surface area contributed by atoms with Crippen LogP contribution < -0.4 is 0 Å². The molecule has 1 aromatic carbocycles. The number of sulfonamides is 1. The van der Waals surface area contributed by atoms with Crippen molar-refractivity contribution < 1.29 is 13.2 Å². The predicted octanol–water partition coefficient (Wildman–Crippen LogP) is 2.00. The molecule has 0 amide bonds. The third-order valence-electron chi connectivity index (χ3n) is 3.77. The molecule has 0 aromatic heterocycles. The fourth-order valence-corrected chi connectivity index (χ4v) is 4.43. The summed E-state index contributed by atoms with van der Waals surface area (Å²) in [4.78, 5) is 11.6. The van der Waals surface area contributed by atoms with E-state index in [0.29, 0.717) is 19.4 Å². The van der Waals surface area contributed by atoms with Crippen molar-refractivity contribution in [2.45, 2.75) is 38.6 Å². The van der Waals surface area contributed by atoms with E-state index in [1.165, 1.54) is 11.2 Å². The first-order valence-electron chi connectivity index (χ1n) is 7.04. The van der Waals surface area contributed by atoms with Gasteiger partial charge in [-0.05, 0) is 31.7 Å². The van der Waals surface area contributed by atoms with Gasteiger partial charge in [-0.2, -0.15) is 4.31 Å². The summed E-state index contributed by atoms with van der Waals surface area (Å²) < 4.78 is 26.3. The number of hydrogen-bond donors (Lipinski definition) is 0. The van der Waals surface area contributed by atoms with E-state index in [4.69, 9.17) is 0 Å². The number of aryl methyl sites for hydroxylation is 1. The van der Waals surface area contributed by atoms with E-state index >= 15 is 0 Å². The molecule has 5 heteroatoms. The quantitative estimate of drug-likeness (QED) is 0.835. The number of benzene rings is 1. The van der Waals surface area contributed by atoms with Gasteiger partial charge in [-0.15, -0.1) is 0 Å². The number of Topliss-reactive ketones (excluding diaryl/α,β-unsaturated/α-hetero) is 1. The van der Waals surface area contributed by atoms with Gasteiger partial charge in [0.2, 0.25) is 10.0 Å². The Morgan fingerprint density at radius 2 is 1.95 bits per heavy atom. The zero-order valence-corrected chi connectivity index (χ0v) is 12.6. The van der Waals surface area contributed by atoms with Crippen LogP contribution in [0.2, 0.25) is 0 Å². The summed E-state index contributed by atoms with van der Waals surface area (Å²) in [6.45, 7) is 1.96. The molecule has 0 N–H and O–H groups in total. The number of rotatable bonds is 5. The van der Waals surface area contributed by atoms with Crippen LogP contribution in [0.25, 0.3) is 0 Å². The molecule has 0 bridgehead atoms. The summed E-state index contributed by atoms with van der Waals surface area (Å²) in [5.74, 6) is 0.0221. The van der Waals surface area contributed by atoms with Gasteiger partial charge in [0.25, 0.3) is 0 Å². The molecule has 0 aliphatic carbocycles. The maximum Gasteiger partial charge on any atom is 0.215 e. The van der Waals surface area contributed by atoms with Gasteiger partial charge in [0.15, 0.2) is 0 Å². The Kier molecular flexibility index (Phi) is 4.94. The smallest absolute Gasteiger partial charge is 0.215 e. The highest BCUT2D eigenvalue weighted by molar-refractivity contribution is 7.89. The average molecular weight is 295 g/mol. The fourth-order valence-electron chi connectivity index (χ4n) is 2.65. The Morgan fingerprint density at radius 1 is 1.25 bits per heavy atom. The number of hydrogen-bond acceptors (Lipinski definition) is 3. The zero-order chi connectivity index (χ0) is 14.6. The second-order valence-corrected chi connectivity index (χ2v) is 7.33. The standard InChI is InChI=1S/C15H21NO3S/c1-13(17)15-9-5-6-11-16(15)20(18,19)12-10-14-7-3-2-4-8-14/h2-4,7-8,15H,5-6,9-12H2,1H3. The first-order chi connectivity index (χ1) is 9.50. The summed E-state index contributed by atoms with van der Waals surface area (Å²) in [5.41, 5.74) is 1.01. The summed E-state index contributed by atoms with van der Waals surface area (Å²) in [6.07, 6.45) is 2.91. The van der Waals surface area contributed by atoms with Gasteiger partial charge in [-0.3, -0.25) is 4.79 Å². The fraction of sp³-hybridized carbons (Fsp3) is 0.533. The van der Waals surface area contributed by atoms with E-state index in [1.807, 2.05) is 30.3 Å². The van der Waals surface area contributed by atoms with Crippen molar-refractivity contribution in [2.75, 3.05) is 12.3 Å². The van der Waals surface area contributed by atoms with Crippen LogP contribution in [0.1, 0.15) is 31.7 Å². The molecule has 1 aliphatic heterocycles. The van der Waals surface area contributed by atoms with E-state index in [0.717, 1.165) is 18.4 Å². The minimum atomic E-state index is -3.36. The zero-order valence-electron chi connectivity index (χ0n) is 11.8. The van der Waals surface area contributed by atoms with Crippen molar-refractivity contribution in [2.24, 2.45) is 0 Å². The lowest BCUT2D eigenvalue weighted by atomic mass is 10.0. The second kappa shape index (κ2) is 6.50. The summed E-state index contributed by atoms with van der Waals surface area (Å²) >= 11 is 0. The molecule has 1 aromatic rings. The lowest BCUT2D eigenvalue weighted by Crippen LogP contribution is -2.48. The highest BCUT2D eigenvalue weighted by Crippen LogP contribution is 2.22. The van der Waals surface area contributed by atoms with Crippen LogP contribution >= 0.6 is 0 Å². The average Bonchev–Trinajstić information content (AvgIpc) is 2.46. The highest BCUT2D eigenvalue weighted by Gasteiger charge is 2.34. The molecule has 1 fully saturated rings. The Bertz CT molecular complexity index is 554. The molecule has 0 saturated carbocycles. The van der Waals surface area contributed by atoms with E-state index in [-0.39, 0.29) is 11.5 Å². The molecule has 1 aliphatic rings. The van der Waals surface area contributed by atoms with Gasteiger partial charge in [-0.1, -0.05) is 36.8 Å². The van der Waals surface area contributed by atoms with Crippen molar-refractivity contribution in [3.05, 3.63) is 35.9 Å². The Labute approximate surface area is 120 Å². The summed E-state index contributed by atoms with van der Waals surface area (Å²) in [5, 5.41) is 0. The normalized spacial score (nSPS) is 20.8. The molecular weight excluding hydrogens is 274 g/mol. The van der Waals surface area contributed by atoms with Crippen molar-refractivity contribution in [1.29, 1.82) is 0 Å². The molecule has 4 nitrogen and oxygen atoms in total. The molecule has 0 radical (unpaired) electrons. The van der Waals surface area contributed by atoms with E-state index in [9.17, 15) is 13.2 Å². The van der Waals surface area contributed by atoms with Crippen molar-refractivity contribution in [3.63, 3.8) is 0 Å². The van der Waals surface area contributed by atoms with Gasteiger partial charge >= 0.3 is 0 Å². The van der Waals surface area contributed by atoms with Gasteiger partial charge in [0, 0.05) is 6.54 Å². The molecule has 0 spiro atoms. The SMILES string of the molecule is CC(=O)C1CCCCN1S(=O)(=O)CCc1ccccc1. The van der Waals surface area contributed by atoms with Gasteiger partial charge < -0.3 is 0 Å². The molecule has 110 valence electrons. The van der Waals surface area contributed by atoms with Crippen molar-refractivity contribution in [3.8, 4) is 0 Å². The van der Waals surface area contributed by atoms with E-state index < -0.39 is 16.1 Å². The van der Waals surface area contributed by atoms with Gasteiger partial charge in [0.05, 0.1) is 11.8 Å². The lowest BCUT2D eigenvalue weighted by molar-refractivity contribution is -0.121. The molecular formula is C15H21NO3S. The van der Waals surface area contributed by atoms with Crippen LogP contribution in [0.5, 0.6) is 0 Å². The highest BCUT2D eigenvalue weighted by atomic mass is 32.2. The van der Waals surface area contributed by atoms with Crippen LogP contribution in [-0.2, 0) is 21.2 Å². The molecule has 1 heterocycles. The second-order valence-electron chi connectivity index (χ2n) is 5.28. The van der Waals surface area contributed by atoms with Crippen molar-refractivity contribution in [1.82, 2.24) is 4.31 Å². The first kappa shape index (κ1) is 15.2. The van der Waals surface area contributed by atoms with Crippen LogP contribution in [0.4, 0.5) is 0 Å². The maximum absolute atomic E-state index is 12.4. The van der Waals surface area contributed by atoms with Crippen LogP contribution in [0.3, 0.4) is 0 Å². The summed E-state index contributed by atoms with van der Waals surface area (Å²) in [7, 11) is -3.36. The number of carbonyl (C=O) groups is 1. The lowest BCUT2D eigenvalue weighted by Gasteiger charge is -2.33. The largest absolute Gasteiger partial charge is 0.298 e. The van der Waals surface area contributed by atoms with Crippen LogP contribution in [0.15, 0.2) is 30.3 Å². The third kappa shape index (κ3) is 3.67. The van der Waals surface area contributed by atoms with Crippen LogP contribution in [0, 0.1) is 0 Å². The minimum Gasteiger partial charge on any atom is -0.298 e. The number of piperidine rings is 1. The maximum atomic E-state index is 12.4. The molecule has 2 rings (SSSR count). The van der Waals surface area contributed by atoms with Gasteiger partial charge in [0.1, 0.15) is 5.78 Å². The molecule has 20 heavy (non-hydrogen) atoms. The minimum absolute atomic E-state index is 0.0482. The molecule has 1 atom stereocenters. The van der Waals surface area contributed by atoms with Crippen LogP contribution in [-0.4, -0.2) is 36.8 Å². The Balaban J connectivity index is 2.06. The Morgan fingerprint density at radius 3 is 2.60 bits per heavy atom. The van der Waals surface area contributed by atoms with E-state index in [2.05, 4.69) is 0 Å². The third-order valence-corrected chi connectivity index (χ3v) is 5.64. The predicted molar refractivity (Wildman–Crippen MR) is 79.0 cm³/mol.